The van der Waals surface area contributed by atoms with E-state index in [1.807, 2.05) is 0 Å². The average Bonchev–Trinajstić information content (AvgIpc) is 2.67. The van der Waals surface area contributed by atoms with Crippen LogP contribution in [0.2, 0.25) is 0 Å². The Labute approximate surface area is 102 Å². The van der Waals surface area contributed by atoms with Crippen molar-refractivity contribution in [3.8, 4) is 11.5 Å². The number of ketones is 1. The Kier molecular flexibility index (Phi) is 2.96. The third-order valence-electron chi connectivity index (χ3n) is 2.94. The van der Waals surface area contributed by atoms with E-state index in [0.717, 1.165) is 7.11 Å². The van der Waals surface area contributed by atoms with Gasteiger partial charge in [0.25, 0.3) is 0 Å². The molecule has 0 unspecified atom stereocenters. The molecule has 0 saturated carbocycles. The molecule has 1 aliphatic carbocycles. The zero-order chi connectivity index (χ0) is 13.5. The van der Waals surface area contributed by atoms with E-state index in [0.29, 0.717) is 12.0 Å². The molecule has 1 aromatic rings. The van der Waals surface area contributed by atoms with Crippen LogP contribution in [0.25, 0.3) is 0 Å². The predicted molar refractivity (Wildman–Crippen MR) is 57.2 cm³/mol. The summed E-state index contributed by atoms with van der Waals surface area (Å²) in [5.74, 6) is -0.935. The molecule has 0 bridgehead atoms. The van der Waals surface area contributed by atoms with Crippen LogP contribution in [0.5, 0.6) is 11.5 Å². The number of rotatable bonds is 2. The molecular formula is C12H11F3O3. The number of halogens is 3. The lowest BCUT2D eigenvalue weighted by molar-refractivity contribution is -0.139. The van der Waals surface area contributed by atoms with E-state index in [-0.39, 0.29) is 17.7 Å². The van der Waals surface area contributed by atoms with E-state index in [2.05, 4.69) is 0 Å². The van der Waals surface area contributed by atoms with Crippen LogP contribution in [0.15, 0.2) is 6.07 Å². The third kappa shape index (κ3) is 1.81. The number of benzene rings is 1. The van der Waals surface area contributed by atoms with Crippen molar-refractivity contribution in [3.63, 3.8) is 0 Å². The van der Waals surface area contributed by atoms with Crippen molar-refractivity contribution in [1.82, 2.24) is 0 Å². The first-order chi connectivity index (χ1) is 8.40. The summed E-state index contributed by atoms with van der Waals surface area (Å²) in [6.45, 7) is 0. The zero-order valence-electron chi connectivity index (χ0n) is 9.85. The van der Waals surface area contributed by atoms with Crippen LogP contribution in [-0.4, -0.2) is 20.0 Å². The van der Waals surface area contributed by atoms with Crippen LogP contribution in [0.3, 0.4) is 0 Å². The van der Waals surface area contributed by atoms with Crippen molar-refractivity contribution in [2.45, 2.75) is 19.0 Å². The zero-order valence-corrected chi connectivity index (χ0v) is 9.85. The number of methoxy groups -OCH3 is 2. The molecular weight excluding hydrogens is 249 g/mol. The highest BCUT2D eigenvalue weighted by atomic mass is 19.4. The van der Waals surface area contributed by atoms with Gasteiger partial charge < -0.3 is 9.47 Å². The van der Waals surface area contributed by atoms with Gasteiger partial charge in [0.05, 0.1) is 14.2 Å². The van der Waals surface area contributed by atoms with Gasteiger partial charge in [-0.3, -0.25) is 4.79 Å². The first-order valence-electron chi connectivity index (χ1n) is 5.28. The van der Waals surface area contributed by atoms with E-state index in [1.165, 1.54) is 13.2 Å². The minimum absolute atomic E-state index is 0.00160. The fraction of sp³-hybridized carbons (Fsp3) is 0.417. The molecule has 0 amide bonds. The topological polar surface area (TPSA) is 35.5 Å². The van der Waals surface area contributed by atoms with Crippen molar-refractivity contribution < 1.29 is 27.4 Å². The number of carbonyl (C=O) groups excluding carboxylic acids is 1. The maximum absolute atomic E-state index is 13.1. The molecule has 0 spiro atoms. The van der Waals surface area contributed by atoms with Crippen LogP contribution < -0.4 is 9.47 Å². The highest BCUT2D eigenvalue weighted by Crippen LogP contribution is 2.47. The summed E-state index contributed by atoms with van der Waals surface area (Å²) in [6.07, 6.45) is -4.25. The largest absolute Gasteiger partial charge is 0.493 e. The first-order valence-corrected chi connectivity index (χ1v) is 5.28. The van der Waals surface area contributed by atoms with Crippen molar-refractivity contribution in [2.24, 2.45) is 0 Å². The number of alkyl halides is 3. The lowest BCUT2D eigenvalue weighted by Gasteiger charge is -2.18. The molecule has 2 rings (SSSR count). The van der Waals surface area contributed by atoms with Gasteiger partial charge >= 0.3 is 6.18 Å². The minimum Gasteiger partial charge on any atom is -0.493 e. The van der Waals surface area contributed by atoms with Gasteiger partial charge in [-0.05, 0) is 18.1 Å². The monoisotopic (exact) mass is 260 g/mol. The quantitative estimate of drug-likeness (QED) is 0.820. The summed E-state index contributed by atoms with van der Waals surface area (Å²) < 4.78 is 48.9. The Morgan fingerprint density at radius 3 is 2.33 bits per heavy atom. The van der Waals surface area contributed by atoms with Crippen LogP contribution in [-0.2, 0) is 12.6 Å². The molecule has 0 aliphatic heterocycles. The molecule has 98 valence electrons. The van der Waals surface area contributed by atoms with Crippen molar-refractivity contribution in [2.75, 3.05) is 14.2 Å². The Balaban J connectivity index is 2.81. The summed E-state index contributed by atoms with van der Waals surface area (Å²) in [5, 5.41) is 0. The Morgan fingerprint density at radius 2 is 1.83 bits per heavy atom. The molecule has 18 heavy (non-hydrogen) atoms. The van der Waals surface area contributed by atoms with Crippen LogP contribution >= 0.6 is 0 Å². The van der Waals surface area contributed by atoms with Crippen molar-refractivity contribution >= 4 is 5.78 Å². The summed E-state index contributed by atoms with van der Waals surface area (Å²) in [7, 11) is 2.39. The van der Waals surface area contributed by atoms with Crippen LogP contribution in [0, 0.1) is 0 Å². The van der Waals surface area contributed by atoms with Crippen LogP contribution in [0.1, 0.15) is 27.9 Å². The summed E-state index contributed by atoms with van der Waals surface area (Å²) in [6, 6.07) is 1.44. The highest BCUT2D eigenvalue weighted by molar-refractivity contribution is 6.03. The average molecular weight is 260 g/mol. The maximum atomic E-state index is 13.1. The van der Waals surface area contributed by atoms with Gasteiger partial charge in [-0.1, -0.05) is 0 Å². The molecule has 1 aliphatic rings. The second-order valence-corrected chi connectivity index (χ2v) is 3.94. The molecule has 1 aromatic carbocycles. The van der Waals surface area contributed by atoms with Gasteiger partial charge in [-0.15, -0.1) is 0 Å². The Bertz CT molecular complexity index is 506. The number of hydrogen-bond donors (Lipinski definition) is 0. The Hall–Kier alpha value is -1.72. The normalized spacial score (nSPS) is 14.6. The van der Waals surface area contributed by atoms with E-state index < -0.39 is 23.3 Å². The van der Waals surface area contributed by atoms with Gasteiger partial charge in [-0.2, -0.15) is 13.2 Å². The van der Waals surface area contributed by atoms with Crippen molar-refractivity contribution in [1.29, 1.82) is 0 Å². The van der Waals surface area contributed by atoms with Gasteiger partial charge in [0.2, 0.25) is 0 Å². The van der Waals surface area contributed by atoms with Crippen molar-refractivity contribution in [3.05, 3.63) is 22.8 Å². The Morgan fingerprint density at radius 1 is 1.17 bits per heavy atom. The SMILES string of the molecule is COc1cc2c(c(C(F)(F)F)c1OC)C(=O)CC2. The third-order valence-corrected chi connectivity index (χ3v) is 2.94. The summed E-state index contributed by atoms with van der Waals surface area (Å²) >= 11 is 0. The molecule has 0 atom stereocenters. The second-order valence-electron chi connectivity index (χ2n) is 3.94. The molecule has 3 nitrogen and oxygen atoms in total. The lowest BCUT2D eigenvalue weighted by atomic mass is 10.0. The molecule has 6 heteroatoms. The second kappa shape index (κ2) is 4.19. The maximum Gasteiger partial charge on any atom is 0.420 e. The summed E-state index contributed by atoms with van der Waals surface area (Å²) in [4.78, 5) is 11.6. The highest BCUT2D eigenvalue weighted by Gasteiger charge is 2.43. The number of ether oxygens (including phenoxy) is 2. The fourth-order valence-corrected chi connectivity index (χ4v) is 2.21. The lowest BCUT2D eigenvalue weighted by Crippen LogP contribution is -2.14. The van der Waals surface area contributed by atoms with E-state index in [1.54, 1.807) is 0 Å². The van der Waals surface area contributed by atoms with Crippen LogP contribution in [0.4, 0.5) is 13.2 Å². The molecule has 0 fully saturated rings. The van der Waals surface area contributed by atoms with E-state index in [4.69, 9.17) is 9.47 Å². The van der Waals surface area contributed by atoms with E-state index >= 15 is 0 Å². The molecule has 0 saturated heterocycles. The number of carbonyl (C=O) groups is 1. The molecule has 0 N–H and O–H groups in total. The molecule has 0 radical (unpaired) electrons. The number of fused-ring (bicyclic) bond motifs is 1. The number of Topliss-reactive ketones (excluding diaryl/α,β-unsaturated/α-hetero) is 1. The first kappa shape index (κ1) is 12.7. The van der Waals surface area contributed by atoms with Gasteiger partial charge in [0, 0.05) is 12.0 Å². The van der Waals surface area contributed by atoms with E-state index in [9.17, 15) is 18.0 Å². The van der Waals surface area contributed by atoms with Gasteiger partial charge in [0.15, 0.2) is 17.3 Å². The van der Waals surface area contributed by atoms with Gasteiger partial charge in [-0.25, -0.2) is 0 Å². The predicted octanol–water partition coefficient (Wildman–Crippen LogP) is 2.85. The van der Waals surface area contributed by atoms with Gasteiger partial charge in [0.1, 0.15) is 5.56 Å². The fourth-order valence-electron chi connectivity index (χ4n) is 2.21. The number of hydrogen-bond acceptors (Lipinski definition) is 3. The summed E-state index contributed by atoms with van der Waals surface area (Å²) in [5.41, 5.74) is -0.938. The molecule has 0 heterocycles. The smallest absolute Gasteiger partial charge is 0.420 e. The number of aryl methyl sites for hydroxylation is 1. The standard InChI is InChI=1S/C12H11F3O3/c1-17-8-5-6-3-4-7(16)9(6)10(11(8)18-2)12(13,14)15/h5H,3-4H2,1-2H3. The minimum atomic E-state index is -4.65. The molecule has 0 aromatic heterocycles.